The maximum Gasteiger partial charge on any atom is 0.408 e. The molecular formula is C34H44N4O7. The van der Waals surface area contributed by atoms with Crippen LogP contribution in [0.4, 0.5) is 4.79 Å². The lowest BCUT2D eigenvalue weighted by Gasteiger charge is -2.50. The Labute approximate surface area is 264 Å². The van der Waals surface area contributed by atoms with E-state index in [4.69, 9.17) is 18.6 Å². The van der Waals surface area contributed by atoms with E-state index in [-0.39, 0.29) is 36.4 Å². The Morgan fingerprint density at radius 2 is 1.80 bits per heavy atom. The fraction of sp³-hybridized carbons (Fsp3) is 0.500. The van der Waals surface area contributed by atoms with Crippen LogP contribution < -0.4 is 10.1 Å². The molecule has 0 aliphatic carbocycles. The summed E-state index contributed by atoms with van der Waals surface area (Å²) in [7, 11) is 0. The zero-order valence-electron chi connectivity index (χ0n) is 26.1. The summed E-state index contributed by atoms with van der Waals surface area (Å²) in [6.45, 7) is 8.25. The molecule has 4 heterocycles. The van der Waals surface area contributed by atoms with Gasteiger partial charge in [-0.15, -0.1) is 0 Å². The number of oxazole rings is 1. The van der Waals surface area contributed by atoms with Gasteiger partial charge >= 0.3 is 6.09 Å². The molecule has 1 unspecified atom stereocenters. The highest BCUT2D eigenvalue weighted by Crippen LogP contribution is 2.39. The molecule has 0 saturated carbocycles. The van der Waals surface area contributed by atoms with Crippen LogP contribution in [0.1, 0.15) is 73.1 Å². The summed E-state index contributed by atoms with van der Waals surface area (Å²) in [6.07, 6.45) is 3.51. The Bertz CT molecular complexity index is 1370. The molecule has 2 amide bonds. The zero-order chi connectivity index (χ0) is 31.6. The molecule has 3 aliphatic rings. The normalized spacial score (nSPS) is 19.8. The highest BCUT2D eigenvalue weighted by molar-refractivity contribution is 5.91. The van der Waals surface area contributed by atoms with Gasteiger partial charge in [0.2, 0.25) is 5.89 Å². The molecule has 3 aliphatic heterocycles. The van der Waals surface area contributed by atoms with Crippen molar-refractivity contribution in [1.82, 2.24) is 20.1 Å². The van der Waals surface area contributed by atoms with Gasteiger partial charge in [-0.1, -0.05) is 42.5 Å². The van der Waals surface area contributed by atoms with E-state index in [1.54, 1.807) is 4.90 Å². The van der Waals surface area contributed by atoms with Gasteiger partial charge in [0, 0.05) is 32.7 Å². The van der Waals surface area contributed by atoms with Crippen molar-refractivity contribution in [3.63, 3.8) is 0 Å². The summed E-state index contributed by atoms with van der Waals surface area (Å²) >= 11 is 0. The highest BCUT2D eigenvalue weighted by atomic mass is 16.7. The quantitative estimate of drug-likeness (QED) is 0.161. The van der Waals surface area contributed by atoms with Crippen LogP contribution in [-0.4, -0.2) is 83.6 Å². The molecule has 45 heavy (non-hydrogen) atoms. The number of nitrogens with zero attached hydrogens (tertiary/aromatic N) is 3. The van der Waals surface area contributed by atoms with Crippen molar-refractivity contribution >= 4 is 12.0 Å². The first kappa shape index (κ1) is 32.5. The molecule has 3 saturated heterocycles. The van der Waals surface area contributed by atoms with Crippen molar-refractivity contribution < 1.29 is 33.3 Å². The first-order chi connectivity index (χ1) is 22.0. The Morgan fingerprint density at radius 3 is 2.47 bits per heavy atom. The van der Waals surface area contributed by atoms with Crippen molar-refractivity contribution in [2.45, 2.75) is 64.5 Å². The number of benzene rings is 2. The summed E-state index contributed by atoms with van der Waals surface area (Å²) in [5.74, 6) is 0.825. The fourth-order valence-electron chi connectivity index (χ4n) is 6.39. The number of ether oxygens (including phenoxy) is 3. The number of aromatic nitrogens is 1. The maximum absolute atomic E-state index is 12.9. The second-order valence-electron chi connectivity index (χ2n) is 11.4. The lowest BCUT2D eigenvalue weighted by molar-refractivity contribution is -0.139. The van der Waals surface area contributed by atoms with Crippen LogP contribution in [0.2, 0.25) is 0 Å². The van der Waals surface area contributed by atoms with Gasteiger partial charge in [0.1, 0.15) is 12.0 Å². The smallest absolute Gasteiger partial charge is 0.408 e. The summed E-state index contributed by atoms with van der Waals surface area (Å²) in [6, 6.07) is 16.7. The predicted octanol–water partition coefficient (Wildman–Crippen LogP) is 5.33. The number of fused-ring (bicyclic) bond motifs is 3. The molecule has 3 fully saturated rings. The van der Waals surface area contributed by atoms with Crippen LogP contribution in [0.3, 0.4) is 0 Å². The Hall–Kier alpha value is -3.93. The van der Waals surface area contributed by atoms with E-state index < -0.39 is 12.1 Å². The minimum atomic E-state index is -0.928. The second-order valence-corrected chi connectivity index (χ2v) is 11.4. The minimum absolute atomic E-state index is 0.0133. The van der Waals surface area contributed by atoms with Crippen molar-refractivity contribution in [3.8, 4) is 5.75 Å². The minimum Gasteiger partial charge on any atom is -0.484 e. The number of rotatable bonds is 16. The van der Waals surface area contributed by atoms with E-state index in [0.717, 1.165) is 43.6 Å². The lowest BCUT2D eigenvalue weighted by Crippen LogP contribution is -2.59. The largest absolute Gasteiger partial charge is 0.484 e. The number of hydrogen-bond donors (Lipinski definition) is 2. The van der Waals surface area contributed by atoms with Crippen molar-refractivity contribution in [3.05, 3.63) is 83.6 Å². The van der Waals surface area contributed by atoms with E-state index in [1.807, 2.05) is 68.4 Å². The van der Waals surface area contributed by atoms with Gasteiger partial charge in [0.15, 0.2) is 18.6 Å². The molecular weight excluding hydrogens is 576 g/mol. The molecule has 1 aromatic heterocycles. The van der Waals surface area contributed by atoms with E-state index >= 15 is 0 Å². The molecule has 0 spiro atoms. The van der Waals surface area contributed by atoms with E-state index in [2.05, 4.69) is 15.2 Å². The molecule has 242 valence electrons. The Balaban J connectivity index is 1.23. The zero-order valence-corrected chi connectivity index (χ0v) is 26.1. The number of amides is 2. The average molecular weight is 621 g/mol. The van der Waals surface area contributed by atoms with Gasteiger partial charge in [-0.25, -0.2) is 9.78 Å². The van der Waals surface area contributed by atoms with Gasteiger partial charge < -0.3 is 34.0 Å². The number of hydrogen-bond acceptors (Lipinski definition) is 8. The molecule has 11 heteroatoms. The van der Waals surface area contributed by atoms with Gasteiger partial charge in [-0.3, -0.25) is 9.69 Å². The van der Waals surface area contributed by atoms with Crippen LogP contribution in [0.15, 0.2) is 65.3 Å². The summed E-state index contributed by atoms with van der Waals surface area (Å²) in [5.41, 5.74) is 1.90. The third kappa shape index (κ3) is 8.42. The third-order valence-electron chi connectivity index (χ3n) is 8.52. The highest BCUT2D eigenvalue weighted by Gasteiger charge is 2.43. The van der Waals surface area contributed by atoms with Gasteiger partial charge in [0.05, 0.1) is 12.1 Å². The summed E-state index contributed by atoms with van der Waals surface area (Å²) < 4.78 is 22.6. The van der Waals surface area contributed by atoms with Crippen molar-refractivity contribution in [2.75, 3.05) is 39.4 Å². The second kappa shape index (κ2) is 15.9. The van der Waals surface area contributed by atoms with Crippen LogP contribution in [-0.2, 0) is 16.1 Å². The monoisotopic (exact) mass is 620 g/mol. The molecule has 11 nitrogen and oxygen atoms in total. The molecule has 6 rings (SSSR count). The topological polar surface area (TPSA) is 127 Å². The summed E-state index contributed by atoms with van der Waals surface area (Å²) in [5, 5.41) is 13.4. The fourth-order valence-corrected chi connectivity index (χ4v) is 6.39. The maximum atomic E-state index is 12.9. The molecule has 2 atom stereocenters. The first-order valence-corrected chi connectivity index (χ1v) is 15.9. The van der Waals surface area contributed by atoms with E-state index in [1.165, 1.54) is 6.26 Å². The van der Waals surface area contributed by atoms with Crippen molar-refractivity contribution in [2.24, 2.45) is 5.92 Å². The molecule has 2 N–H and O–H groups in total. The molecule has 0 radical (unpaired) electrons. The molecule has 2 bridgehead atoms. The van der Waals surface area contributed by atoms with Crippen LogP contribution >= 0.6 is 0 Å². The van der Waals surface area contributed by atoms with Crippen LogP contribution in [0.5, 0.6) is 5.75 Å². The number of carboxylic acid groups (broad SMARTS) is 1. The third-order valence-corrected chi connectivity index (χ3v) is 8.52. The molecule has 3 aromatic rings. The molecule has 2 aromatic carbocycles. The Morgan fingerprint density at radius 1 is 1.07 bits per heavy atom. The van der Waals surface area contributed by atoms with Crippen LogP contribution in [0.25, 0.3) is 0 Å². The standard InChI is InChI=1S/C34H44N4O7/c1-3-42-31(43-4-2)14-9-17-35-33(39)28-22-45-30(36-28)23-44-27-13-8-12-26(20-27)32(25-10-6-5-7-11-25)38(34(40)41)29-21-37-18-15-24(29)16-19-37/h5-8,10-13,20,22,24,29,31-32H,3-4,9,14-19,21,23H2,1-2H3,(H,35,39)(H,40,41)/t29?,32-/m0/s1. The number of carbonyl (C=O) groups is 2. The Kier molecular flexibility index (Phi) is 11.5. The van der Waals surface area contributed by atoms with Crippen LogP contribution in [0, 0.1) is 5.92 Å². The lowest BCUT2D eigenvalue weighted by atomic mass is 9.81. The average Bonchev–Trinajstić information content (AvgIpc) is 3.55. The number of carbonyl (C=O) groups excluding carboxylic acids is 1. The van der Waals surface area contributed by atoms with E-state index in [0.29, 0.717) is 44.3 Å². The first-order valence-electron chi connectivity index (χ1n) is 15.9. The van der Waals surface area contributed by atoms with Gasteiger partial charge in [-0.05, 0) is 75.4 Å². The van der Waals surface area contributed by atoms with Crippen molar-refractivity contribution in [1.29, 1.82) is 0 Å². The number of nitrogens with one attached hydrogen (secondary N) is 1. The SMILES string of the molecule is CCOC(CCCNC(=O)c1coc(COc2cccc([C@H](c3ccccc3)N(C(=O)O)C3CN4CCC3CC4)c2)n1)OCC. The number of piperidine rings is 3. The van der Waals surface area contributed by atoms with Gasteiger partial charge in [-0.2, -0.15) is 0 Å². The van der Waals surface area contributed by atoms with E-state index in [9.17, 15) is 14.7 Å². The summed E-state index contributed by atoms with van der Waals surface area (Å²) in [4.78, 5) is 33.8. The van der Waals surface area contributed by atoms with Gasteiger partial charge in [0.25, 0.3) is 5.91 Å². The predicted molar refractivity (Wildman–Crippen MR) is 167 cm³/mol.